The normalized spacial score (nSPS) is 12.4. The number of nitrogens with one attached hydrogen (secondary N) is 1. The van der Waals surface area contributed by atoms with E-state index in [4.69, 9.17) is 11.6 Å². The molecule has 2 rings (SSSR count). The second kappa shape index (κ2) is 6.27. The molecule has 2 heterocycles. The minimum atomic E-state index is 0.135. The molecule has 5 heteroatoms. The van der Waals surface area contributed by atoms with Crippen LogP contribution < -0.4 is 5.32 Å². The number of hydrogen-bond donors (Lipinski definition) is 1. The Labute approximate surface area is 120 Å². The Morgan fingerprint density at radius 2 is 2.06 bits per heavy atom. The lowest BCUT2D eigenvalue weighted by atomic mass is 10.1. The summed E-state index contributed by atoms with van der Waals surface area (Å²) in [4.78, 5) is 8.70. The van der Waals surface area contributed by atoms with Crippen molar-refractivity contribution in [3.63, 3.8) is 0 Å². The first-order valence-corrected chi connectivity index (χ1v) is 6.75. The quantitative estimate of drug-likeness (QED) is 0.936. The average molecular weight is 327 g/mol. The van der Waals surface area contributed by atoms with Crippen molar-refractivity contribution in [2.45, 2.75) is 12.5 Å². The molecule has 94 valence electrons. The Balaban J connectivity index is 2.14. The van der Waals surface area contributed by atoms with Crippen LogP contribution in [0.3, 0.4) is 0 Å². The fourth-order valence-electron chi connectivity index (χ4n) is 1.68. The lowest BCUT2D eigenvalue weighted by Gasteiger charge is -2.15. The molecule has 1 atom stereocenters. The van der Waals surface area contributed by atoms with Crippen molar-refractivity contribution in [3.05, 3.63) is 57.5 Å². The molecule has 1 unspecified atom stereocenters. The topological polar surface area (TPSA) is 37.8 Å². The zero-order valence-electron chi connectivity index (χ0n) is 9.90. The largest absolute Gasteiger partial charge is 0.311 e. The minimum Gasteiger partial charge on any atom is -0.311 e. The van der Waals surface area contributed by atoms with E-state index in [9.17, 15) is 0 Å². The van der Waals surface area contributed by atoms with Gasteiger partial charge in [-0.15, -0.1) is 0 Å². The van der Waals surface area contributed by atoms with Crippen molar-refractivity contribution in [3.8, 4) is 0 Å². The number of nitrogens with zero attached hydrogens (tertiary/aromatic N) is 2. The van der Waals surface area contributed by atoms with Crippen LogP contribution in [-0.4, -0.2) is 17.0 Å². The van der Waals surface area contributed by atoms with Gasteiger partial charge in [-0.1, -0.05) is 11.6 Å². The van der Waals surface area contributed by atoms with E-state index in [1.807, 2.05) is 31.3 Å². The highest BCUT2D eigenvalue weighted by Gasteiger charge is 2.12. The SMILES string of the molecule is CNC(Cc1ccc(Br)cn1)c1ccc(Cl)cn1. The van der Waals surface area contributed by atoms with Gasteiger partial charge in [0.05, 0.1) is 16.8 Å². The van der Waals surface area contributed by atoms with E-state index in [1.54, 1.807) is 12.4 Å². The van der Waals surface area contributed by atoms with Crippen LogP contribution in [0.5, 0.6) is 0 Å². The standard InChI is InChI=1S/C13H13BrClN3/c1-16-13(12-5-3-10(15)8-18-12)6-11-4-2-9(14)7-17-11/h2-5,7-8,13,16H,6H2,1H3. The van der Waals surface area contributed by atoms with Gasteiger partial charge >= 0.3 is 0 Å². The van der Waals surface area contributed by atoms with Gasteiger partial charge in [-0.25, -0.2) is 0 Å². The molecule has 1 N–H and O–H groups in total. The van der Waals surface area contributed by atoms with Crippen LogP contribution in [0.2, 0.25) is 5.02 Å². The second-order valence-corrected chi connectivity index (χ2v) is 5.27. The molecule has 0 amide bonds. The van der Waals surface area contributed by atoms with Crippen molar-refractivity contribution >= 4 is 27.5 Å². The fraction of sp³-hybridized carbons (Fsp3) is 0.231. The molecule has 0 saturated heterocycles. The van der Waals surface area contributed by atoms with Crippen LogP contribution >= 0.6 is 27.5 Å². The monoisotopic (exact) mass is 325 g/mol. The summed E-state index contributed by atoms with van der Waals surface area (Å²) < 4.78 is 0.983. The summed E-state index contributed by atoms with van der Waals surface area (Å²) in [6.45, 7) is 0. The molecule has 0 saturated carbocycles. The number of halogens is 2. The Morgan fingerprint density at radius 3 is 2.61 bits per heavy atom. The first-order valence-electron chi connectivity index (χ1n) is 5.58. The lowest BCUT2D eigenvalue weighted by Crippen LogP contribution is -2.20. The van der Waals surface area contributed by atoms with Crippen LogP contribution in [0.15, 0.2) is 41.1 Å². The molecular weight excluding hydrogens is 314 g/mol. The van der Waals surface area contributed by atoms with Gasteiger partial charge < -0.3 is 5.32 Å². The molecule has 0 fully saturated rings. The molecule has 0 radical (unpaired) electrons. The molecule has 18 heavy (non-hydrogen) atoms. The first-order chi connectivity index (χ1) is 8.69. The molecule has 2 aromatic rings. The van der Waals surface area contributed by atoms with Crippen molar-refractivity contribution in [2.75, 3.05) is 7.05 Å². The average Bonchev–Trinajstić information content (AvgIpc) is 2.39. The molecule has 0 spiro atoms. The minimum absolute atomic E-state index is 0.135. The highest BCUT2D eigenvalue weighted by atomic mass is 79.9. The van der Waals surface area contributed by atoms with Gasteiger partial charge in [-0.3, -0.25) is 9.97 Å². The molecule has 0 aliphatic carbocycles. The lowest BCUT2D eigenvalue weighted by molar-refractivity contribution is 0.569. The third kappa shape index (κ3) is 3.51. The van der Waals surface area contributed by atoms with Crippen molar-refractivity contribution in [1.82, 2.24) is 15.3 Å². The smallest absolute Gasteiger partial charge is 0.0589 e. The molecule has 3 nitrogen and oxygen atoms in total. The second-order valence-electron chi connectivity index (χ2n) is 3.91. The van der Waals surface area contributed by atoms with Crippen LogP contribution in [-0.2, 0) is 6.42 Å². The van der Waals surface area contributed by atoms with E-state index in [2.05, 4.69) is 31.2 Å². The maximum absolute atomic E-state index is 5.84. The van der Waals surface area contributed by atoms with Crippen LogP contribution in [0.4, 0.5) is 0 Å². The Hall–Kier alpha value is -0.970. The summed E-state index contributed by atoms with van der Waals surface area (Å²) in [5.74, 6) is 0. The zero-order valence-corrected chi connectivity index (χ0v) is 12.2. The number of aromatic nitrogens is 2. The van der Waals surface area contributed by atoms with Gasteiger partial charge in [0.1, 0.15) is 0 Å². The van der Waals surface area contributed by atoms with Crippen LogP contribution in [0, 0.1) is 0 Å². The van der Waals surface area contributed by atoms with Crippen LogP contribution in [0.25, 0.3) is 0 Å². The van der Waals surface area contributed by atoms with E-state index in [1.165, 1.54) is 0 Å². The Morgan fingerprint density at radius 1 is 1.22 bits per heavy atom. The predicted molar refractivity (Wildman–Crippen MR) is 76.7 cm³/mol. The van der Waals surface area contributed by atoms with Gasteiger partial charge in [0.25, 0.3) is 0 Å². The highest BCUT2D eigenvalue weighted by molar-refractivity contribution is 9.10. The van der Waals surface area contributed by atoms with Crippen molar-refractivity contribution in [2.24, 2.45) is 0 Å². The van der Waals surface area contributed by atoms with Gasteiger partial charge in [0.15, 0.2) is 0 Å². The fourth-order valence-corrected chi connectivity index (χ4v) is 2.03. The predicted octanol–water partition coefficient (Wildman–Crippen LogP) is 3.40. The number of hydrogen-bond acceptors (Lipinski definition) is 3. The van der Waals surface area contributed by atoms with E-state index >= 15 is 0 Å². The number of likely N-dealkylation sites (N-methyl/N-ethyl adjacent to an activating group) is 1. The third-order valence-corrected chi connectivity index (χ3v) is 3.35. The number of rotatable bonds is 4. The summed E-state index contributed by atoms with van der Waals surface area (Å²) in [5, 5.41) is 3.89. The van der Waals surface area contributed by atoms with Gasteiger partial charge in [-0.05, 0) is 47.2 Å². The Kier molecular flexibility index (Phi) is 4.69. The summed E-state index contributed by atoms with van der Waals surface area (Å²) in [7, 11) is 1.92. The molecule has 0 bridgehead atoms. The summed E-state index contributed by atoms with van der Waals surface area (Å²) >= 11 is 9.21. The van der Waals surface area contributed by atoms with E-state index in [-0.39, 0.29) is 6.04 Å². The maximum Gasteiger partial charge on any atom is 0.0589 e. The number of pyridine rings is 2. The zero-order chi connectivity index (χ0) is 13.0. The maximum atomic E-state index is 5.84. The summed E-state index contributed by atoms with van der Waals surface area (Å²) in [6.07, 6.45) is 4.26. The summed E-state index contributed by atoms with van der Waals surface area (Å²) in [5.41, 5.74) is 1.99. The molecule has 2 aromatic heterocycles. The van der Waals surface area contributed by atoms with E-state index in [0.717, 1.165) is 22.3 Å². The highest BCUT2D eigenvalue weighted by Crippen LogP contribution is 2.18. The molecule has 0 aliphatic heterocycles. The van der Waals surface area contributed by atoms with E-state index in [0.29, 0.717) is 5.02 Å². The first kappa shape index (κ1) is 13.5. The van der Waals surface area contributed by atoms with Gasteiger partial charge in [0, 0.05) is 29.0 Å². The van der Waals surface area contributed by atoms with Crippen molar-refractivity contribution < 1.29 is 0 Å². The molecule has 0 aromatic carbocycles. The van der Waals surface area contributed by atoms with E-state index < -0.39 is 0 Å². The molecule has 0 aliphatic rings. The van der Waals surface area contributed by atoms with Crippen molar-refractivity contribution in [1.29, 1.82) is 0 Å². The van der Waals surface area contributed by atoms with Gasteiger partial charge in [0.2, 0.25) is 0 Å². The van der Waals surface area contributed by atoms with Crippen LogP contribution in [0.1, 0.15) is 17.4 Å². The van der Waals surface area contributed by atoms with Gasteiger partial charge in [-0.2, -0.15) is 0 Å². The Bertz CT molecular complexity index is 499. The molecular formula is C13H13BrClN3. The third-order valence-electron chi connectivity index (χ3n) is 2.66. The summed E-state index contributed by atoms with van der Waals surface area (Å²) in [6, 6.07) is 7.91.